The van der Waals surface area contributed by atoms with Crippen molar-refractivity contribution in [3.05, 3.63) is 34.5 Å². The molecule has 0 aliphatic heterocycles. The molecule has 0 saturated carbocycles. The second-order valence-corrected chi connectivity index (χ2v) is 3.82. The van der Waals surface area contributed by atoms with Crippen LogP contribution in [0.2, 0.25) is 0 Å². The van der Waals surface area contributed by atoms with Gasteiger partial charge in [0.25, 0.3) is 0 Å². The van der Waals surface area contributed by atoms with Crippen LogP contribution < -0.4 is 0 Å². The molecule has 0 spiro atoms. The second kappa shape index (κ2) is 5.57. The quantitative estimate of drug-likeness (QED) is 0.579. The smallest absolute Gasteiger partial charge is 0.333 e. The van der Waals surface area contributed by atoms with Gasteiger partial charge in [0.05, 0.1) is 18.8 Å². The third kappa shape index (κ3) is 3.72. The van der Waals surface area contributed by atoms with Crippen LogP contribution in [0.25, 0.3) is 0 Å². The van der Waals surface area contributed by atoms with E-state index in [1.807, 2.05) is 17.5 Å². The molecule has 3 nitrogen and oxygen atoms in total. The number of carboxylic acids is 1. The Hall–Kier alpha value is -1.13. The summed E-state index contributed by atoms with van der Waals surface area (Å²) in [6.07, 6.45) is 0.824. The van der Waals surface area contributed by atoms with Gasteiger partial charge >= 0.3 is 5.97 Å². The average Bonchev–Trinajstić information content (AvgIpc) is 2.64. The van der Waals surface area contributed by atoms with Crippen molar-refractivity contribution in [2.24, 2.45) is 0 Å². The highest BCUT2D eigenvalue weighted by molar-refractivity contribution is 7.09. The summed E-state index contributed by atoms with van der Waals surface area (Å²) in [5.41, 5.74) is 0.0937. The third-order valence-electron chi connectivity index (χ3n) is 1.65. The maximum atomic E-state index is 10.3. The molecule has 0 aliphatic rings. The molecule has 0 aromatic carbocycles. The molecule has 0 aliphatic carbocycles. The summed E-state index contributed by atoms with van der Waals surface area (Å²) in [5, 5.41) is 10.5. The second-order valence-electron chi connectivity index (χ2n) is 2.79. The number of carbonyl (C=O) groups is 1. The average molecular weight is 212 g/mol. The molecule has 0 amide bonds. The summed E-state index contributed by atoms with van der Waals surface area (Å²) < 4.78 is 5.16. The molecule has 0 atom stereocenters. The molecule has 1 N–H and O–H groups in total. The zero-order chi connectivity index (χ0) is 10.4. The first kappa shape index (κ1) is 10.9. The van der Waals surface area contributed by atoms with Crippen LogP contribution in [0.3, 0.4) is 0 Å². The summed E-state index contributed by atoms with van der Waals surface area (Å²) >= 11 is 1.67. The van der Waals surface area contributed by atoms with Gasteiger partial charge in [-0.15, -0.1) is 11.3 Å². The van der Waals surface area contributed by atoms with Crippen LogP contribution in [0, 0.1) is 0 Å². The molecule has 0 saturated heterocycles. The highest BCUT2D eigenvalue weighted by Gasteiger charge is 2.03. The maximum absolute atomic E-state index is 10.3. The van der Waals surface area contributed by atoms with E-state index in [0.29, 0.717) is 6.61 Å². The number of thiophene rings is 1. The fourth-order valence-corrected chi connectivity index (χ4v) is 1.57. The molecule has 0 radical (unpaired) electrons. The summed E-state index contributed by atoms with van der Waals surface area (Å²) in [6.45, 7) is 4.00. The van der Waals surface area contributed by atoms with Crippen LogP contribution in [0.4, 0.5) is 0 Å². The first-order valence-electron chi connectivity index (χ1n) is 4.21. The maximum Gasteiger partial charge on any atom is 0.333 e. The number of carboxylic acid groups (broad SMARTS) is 1. The number of hydrogen-bond donors (Lipinski definition) is 1. The zero-order valence-electron chi connectivity index (χ0n) is 7.73. The van der Waals surface area contributed by atoms with Gasteiger partial charge in [0.15, 0.2) is 0 Å². The molecular weight excluding hydrogens is 200 g/mol. The lowest BCUT2D eigenvalue weighted by atomic mass is 10.3. The van der Waals surface area contributed by atoms with Gasteiger partial charge in [-0.1, -0.05) is 12.6 Å². The summed E-state index contributed by atoms with van der Waals surface area (Å²) in [7, 11) is 0. The number of aliphatic carboxylic acids is 1. The van der Waals surface area contributed by atoms with E-state index in [4.69, 9.17) is 9.84 Å². The van der Waals surface area contributed by atoms with E-state index in [1.165, 1.54) is 4.88 Å². The Labute approximate surface area is 86.6 Å². The van der Waals surface area contributed by atoms with Crippen molar-refractivity contribution in [1.82, 2.24) is 0 Å². The molecule has 0 bridgehead atoms. The largest absolute Gasteiger partial charge is 0.478 e. The van der Waals surface area contributed by atoms with Gasteiger partial charge in [-0.05, 0) is 11.4 Å². The van der Waals surface area contributed by atoms with Crippen LogP contribution in [0.5, 0.6) is 0 Å². The minimum absolute atomic E-state index is 0.0937. The molecule has 1 rings (SSSR count). The minimum Gasteiger partial charge on any atom is -0.478 e. The highest BCUT2D eigenvalue weighted by Crippen LogP contribution is 2.08. The van der Waals surface area contributed by atoms with Crippen molar-refractivity contribution < 1.29 is 14.6 Å². The van der Waals surface area contributed by atoms with Crippen LogP contribution in [0.1, 0.15) is 4.88 Å². The Morgan fingerprint density at radius 1 is 1.64 bits per heavy atom. The topological polar surface area (TPSA) is 46.5 Å². The SMILES string of the molecule is C=C(COCCc1cccs1)C(=O)O. The molecule has 0 unspecified atom stereocenters. The summed E-state index contributed by atoms with van der Waals surface area (Å²) in [5.74, 6) is -0.999. The molecule has 14 heavy (non-hydrogen) atoms. The van der Waals surface area contributed by atoms with Gasteiger partial charge in [-0.3, -0.25) is 0 Å². The van der Waals surface area contributed by atoms with Crippen LogP contribution in [-0.2, 0) is 16.0 Å². The highest BCUT2D eigenvalue weighted by atomic mass is 32.1. The van der Waals surface area contributed by atoms with Crippen molar-refractivity contribution in [3.8, 4) is 0 Å². The lowest BCUT2D eigenvalue weighted by Crippen LogP contribution is -2.08. The molecule has 1 aromatic heterocycles. The van der Waals surface area contributed by atoms with Crippen molar-refractivity contribution in [2.75, 3.05) is 13.2 Å². The Morgan fingerprint density at radius 3 is 3.00 bits per heavy atom. The van der Waals surface area contributed by atoms with E-state index in [-0.39, 0.29) is 12.2 Å². The molecular formula is C10H12O3S. The molecule has 76 valence electrons. The molecule has 4 heteroatoms. The van der Waals surface area contributed by atoms with Gasteiger partial charge in [-0.25, -0.2) is 4.79 Å². The van der Waals surface area contributed by atoms with Crippen LogP contribution in [0.15, 0.2) is 29.7 Å². The van der Waals surface area contributed by atoms with Crippen LogP contribution >= 0.6 is 11.3 Å². The zero-order valence-corrected chi connectivity index (χ0v) is 8.55. The first-order valence-corrected chi connectivity index (χ1v) is 5.09. The normalized spacial score (nSPS) is 10.0. The van der Waals surface area contributed by atoms with Gasteiger partial charge in [0.1, 0.15) is 0 Å². The van der Waals surface area contributed by atoms with Crippen LogP contribution in [-0.4, -0.2) is 24.3 Å². The monoisotopic (exact) mass is 212 g/mol. The van der Waals surface area contributed by atoms with Crippen molar-refractivity contribution in [1.29, 1.82) is 0 Å². The first-order chi connectivity index (χ1) is 6.70. The fourth-order valence-electron chi connectivity index (χ4n) is 0.885. The summed E-state index contributed by atoms with van der Waals surface area (Å²) in [6, 6.07) is 4.01. The number of hydrogen-bond acceptors (Lipinski definition) is 3. The predicted octanol–water partition coefficient (Wildman–Crippen LogP) is 1.95. The van der Waals surface area contributed by atoms with Crippen molar-refractivity contribution in [2.45, 2.75) is 6.42 Å². The number of rotatable bonds is 6. The lowest BCUT2D eigenvalue weighted by Gasteiger charge is -2.02. The Bertz CT molecular complexity index is 303. The summed E-state index contributed by atoms with van der Waals surface area (Å²) in [4.78, 5) is 11.6. The number of ether oxygens (including phenoxy) is 1. The van der Waals surface area contributed by atoms with E-state index in [0.717, 1.165) is 6.42 Å². The van der Waals surface area contributed by atoms with E-state index in [2.05, 4.69) is 6.58 Å². The van der Waals surface area contributed by atoms with Gasteiger partial charge in [0.2, 0.25) is 0 Å². The van der Waals surface area contributed by atoms with E-state index in [9.17, 15) is 4.79 Å². The van der Waals surface area contributed by atoms with E-state index in [1.54, 1.807) is 11.3 Å². The standard InChI is InChI=1S/C10H12O3S/c1-8(10(11)12)7-13-5-4-9-3-2-6-14-9/h2-3,6H,1,4-5,7H2,(H,11,12). The third-order valence-corrected chi connectivity index (χ3v) is 2.59. The Morgan fingerprint density at radius 2 is 2.43 bits per heavy atom. The fraction of sp³-hybridized carbons (Fsp3) is 0.300. The van der Waals surface area contributed by atoms with Gasteiger partial charge in [-0.2, -0.15) is 0 Å². The van der Waals surface area contributed by atoms with Crippen molar-refractivity contribution in [3.63, 3.8) is 0 Å². The minimum atomic E-state index is -0.999. The molecule has 0 fully saturated rings. The van der Waals surface area contributed by atoms with Crippen molar-refractivity contribution >= 4 is 17.3 Å². The Balaban J connectivity index is 2.11. The lowest BCUT2D eigenvalue weighted by molar-refractivity contribution is -0.133. The predicted molar refractivity (Wildman–Crippen MR) is 55.6 cm³/mol. The van der Waals surface area contributed by atoms with Gasteiger partial charge in [0, 0.05) is 11.3 Å². The molecule has 1 aromatic rings. The van der Waals surface area contributed by atoms with E-state index >= 15 is 0 Å². The van der Waals surface area contributed by atoms with Gasteiger partial charge < -0.3 is 9.84 Å². The Kier molecular flexibility index (Phi) is 4.35. The van der Waals surface area contributed by atoms with E-state index < -0.39 is 5.97 Å². The molecule has 1 heterocycles.